The van der Waals surface area contributed by atoms with Gasteiger partial charge in [0.15, 0.2) is 11.5 Å². The minimum Gasteiger partial charge on any atom is -0.291 e. The minimum absolute atomic E-state index is 0.0556. The molecule has 2 heterocycles. The molecule has 4 rings (SSSR count). The molecule has 118 valence electrons. The zero-order valence-corrected chi connectivity index (χ0v) is 12.6. The second-order valence-corrected chi connectivity index (χ2v) is 5.35. The van der Waals surface area contributed by atoms with Gasteiger partial charge in [-0.1, -0.05) is 18.2 Å². The predicted molar refractivity (Wildman–Crippen MR) is 87.0 cm³/mol. The molecule has 0 atom stereocenters. The van der Waals surface area contributed by atoms with Crippen molar-refractivity contribution in [2.24, 2.45) is 7.05 Å². The van der Waals surface area contributed by atoms with Gasteiger partial charge in [-0.25, -0.2) is 14.2 Å². The molecule has 2 aliphatic rings. The molecule has 0 aliphatic carbocycles. The van der Waals surface area contributed by atoms with Gasteiger partial charge in [0, 0.05) is 7.05 Å². The van der Waals surface area contributed by atoms with E-state index in [2.05, 4.69) is 9.97 Å². The number of nitrogens with zero attached hydrogens (tertiary/aromatic N) is 4. The van der Waals surface area contributed by atoms with Crippen LogP contribution in [0.2, 0.25) is 0 Å². The van der Waals surface area contributed by atoms with E-state index < -0.39 is 17.1 Å². The maximum absolute atomic E-state index is 13.7. The topological polar surface area (TPSA) is 69.8 Å². The van der Waals surface area contributed by atoms with Gasteiger partial charge in [0.25, 0.3) is 5.56 Å². The van der Waals surface area contributed by atoms with Crippen LogP contribution < -0.4 is 11.2 Å². The van der Waals surface area contributed by atoms with E-state index in [4.69, 9.17) is 0 Å². The second-order valence-electron chi connectivity index (χ2n) is 5.35. The summed E-state index contributed by atoms with van der Waals surface area (Å²) < 4.78 is 16.2. The summed E-state index contributed by atoms with van der Waals surface area (Å²) in [6.45, 7) is 0. The van der Waals surface area contributed by atoms with Crippen LogP contribution in [0.15, 0.2) is 58.1 Å². The average Bonchev–Trinajstić information content (AvgIpc) is 2.58. The Morgan fingerprint density at radius 1 is 1.00 bits per heavy atom. The third-order valence-corrected chi connectivity index (χ3v) is 3.84. The molecule has 0 radical (unpaired) electrons. The van der Waals surface area contributed by atoms with E-state index >= 15 is 0 Å². The summed E-state index contributed by atoms with van der Waals surface area (Å²) in [5.74, 6) is -0.326. The highest BCUT2D eigenvalue weighted by Gasteiger charge is 2.21. The number of rotatable bonds is 1. The summed E-state index contributed by atoms with van der Waals surface area (Å²) in [6, 6.07) is 13.0. The van der Waals surface area contributed by atoms with Gasteiger partial charge in [-0.05, 0) is 30.3 Å². The molecule has 0 fully saturated rings. The van der Waals surface area contributed by atoms with Crippen LogP contribution in [-0.2, 0) is 7.05 Å². The Kier molecular flexibility index (Phi) is 3.02. The third kappa shape index (κ3) is 2.02. The van der Waals surface area contributed by atoms with Crippen molar-refractivity contribution >= 4 is 11.0 Å². The Bertz CT molecular complexity index is 1180. The van der Waals surface area contributed by atoms with Gasteiger partial charge >= 0.3 is 5.69 Å². The molecule has 24 heavy (non-hydrogen) atoms. The molecule has 0 saturated heterocycles. The van der Waals surface area contributed by atoms with Gasteiger partial charge in [-0.15, -0.1) is 0 Å². The number of halogens is 1. The van der Waals surface area contributed by atoms with Crippen LogP contribution in [0, 0.1) is 5.82 Å². The molecule has 7 heteroatoms. The molecule has 0 amide bonds. The highest BCUT2D eigenvalue weighted by molar-refractivity contribution is 5.81. The fourth-order valence-electron chi connectivity index (χ4n) is 2.67. The number of para-hydroxylation sites is 2. The Hall–Kier alpha value is -3.35. The lowest BCUT2D eigenvalue weighted by Crippen LogP contribution is -2.36. The molecule has 0 aromatic heterocycles. The molecule has 2 aromatic rings. The van der Waals surface area contributed by atoms with Gasteiger partial charge < -0.3 is 0 Å². The summed E-state index contributed by atoms with van der Waals surface area (Å²) in [6.07, 6.45) is 0. The van der Waals surface area contributed by atoms with Gasteiger partial charge in [-0.3, -0.25) is 13.9 Å². The van der Waals surface area contributed by atoms with Gasteiger partial charge in [0.1, 0.15) is 5.82 Å². The van der Waals surface area contributed by atoms with Crippen molar-refractivity contribution in [3.8, 4) is 17.2 Å². The summed E-state index contributed by atoms with van der Waals surface area (Å²) in [5, 5.41) is 0. The van der Waals surface area contributed by atoms with Crippen molar-refractivity contribution in [1.82, 2.24) is 19.1 Å². The maximum atomic E-state index is 13.7. The number of hydrogen-bond acceptors (Lipinski definition) is 4. The Morgan fingerprint density at radius 2 is 1.79 bits per heavy atom. The van der Waals surface area contributed by atoms with Crippen LogP contribution >= 0.6 is 0 Å². The smallest absolute Gasteiger partial charge is 0.291 e. The van der Waals surface area contributed by atoms with Crippen LogP contribution in [-0.4, -0.2) is 19.1 Å². The van der Waals surface area contributed by atoms with Crippen LogP contribution in [0.4, 0.5) is 4.39 Å². The Balaban J connectivity index is 2.28. The summed E-state index contributed by atoms with van der Waals surface area (Å²) in [4.78, 5) is 32.7. The quantitative estimate of drug-likeness (QED) is 0.500. The first-order valence-corrected chi connectivity index (χ1v) is 7.21. The monoisotopic (exact) mass is 322 g/mol. The highest BCUT2D eigenvalue weighted by atomic mass is 19.1. The van der Waals surface area contributed by atoms with Crippen LogP contribution in [0.25, 0.3) is 28.2 Å². The van der Waals surface area contributed by atoms with E-state index in [9.17, 15) is 14.0 Å². The number of benzene rings is 2. The number of fused-ring (bicyclic) bond motifs is 2. The van der Waals surface area contributed by atoms with E-state index in [0.717, 1.165) is 4.57 Å². The third-order valence-electron chi connectivity index (χ3n) is 3.84. The first-order valence-electron chi connectivity index (χ1n) is 7.21. The first-order chi connectivity index (χ1) is 11.6. The SMILES string of the molecule is Cn1c(=O)nc2n(-c3cccc(F)c3)c3ccccc3nc-2c1=O. The molecule has 0 unspecified atom stereocenters. The van der Waals surface area contributed by atoms with Gasteiger partial charge in [0.05, 0.1) is 16.7 Å². The van der Waals surface area contributed by atoms with Gasteiger partial charge in [-0.2, -0.15) is 4.98 Å². The highest BCUT2D eigenvalue weighted by Crippen LogP contribution is 2.25. The molecule has 2 aliphatic heterocycles. The molecular formula is C17H11FN4O2. The molecule has 0 saturated carbocycles. The van der Waals surface area contributed by atoms with Crippen molar-refractivity contribution in [3.05, 3.63) is 75.2 Å². The summed E-state index contributed by atoms with van der Waals surface area (Å²) >= 11 is 0. The molecule has 6 nitrogen and oxygen atoms in total. The fraction of sp³-hybridized carbons (Fsp3) is 0.0588. The van der Waals surface area contributed by atoms with Crippen molar-refractivity contribution < 1.29 is 4.39 Å². The zero-order chi connectivity index (χ0) is 16.8. The average molecular weight is 322 g/mol. The zero-order valence-electron chi connectivity index (χ0n) is 12.6. The standard InChI is InChI=1S/C17H11FN4O2/c1-21-16(23)14-15(20-17(21)24)22(11-6-4-5-10(18)9-11)13-8-3-2-7-12(13)19-14/h2-9H,1H3. The Morgan fingerprint density at radius 3 is 2.58 bits per heavy atom. The van der Waals surface area contributed by atoms with Crippen LogP contribution in [0.5, 0.6) is 0 Å². The lowest BCUT2D eigenvalue weighted by molar-refractivity contribution is 0.626. The second kappa shape index (κ2) is 5.09. The van der Waals surface area contributed by atoms with Crippen molar-refractivity contribution in [3.63, 3.8) is 0 Å². The number of aromatic nitrogens is 4. The van der Waals surface area contributed by atoms with Crippen molar-refractivity contribution in [2.75, 3.05) is 0 Å². The van der Waals surface area contributed by atoms with Crippen molar-refractivity contribution in [2.45, 2.75) is 0 Å². The molecule has 2 aromatic carbocycles. The van der Waals surface area contributed by atoms with E-state index in [-0.39, 0.29) is 11.5 Å². The molecule has 0 N–H and O–H groups in total. The van der Waals surface area contributed by atoms with E-state index in [0.29, 0.717) is 16.7 Å². The van der Waals surface area contributed by atoms with E-state index in [1.165, 1.54) is 19.2 Å². The largest absolute Gasteiger partial charge is 0.352 e. The van der Waals surface area contributed by atoms with E-state index in [1.807, 2.05) is 0 Å². The van der Waals surface area contributed by atoms with Crippen LogP contribution in [0.3, 0.4) is 0 Å². The lowest BCUT2D eigenvalue weighted by atomic mass is 10.2. The normalized spacial score (nSPS) is 11.2. The molecule has 0 spiro atoms. The molecule has 0 bridgehead atoms. The Labute approximate surface area is 134 Å². The summed E-state index contributed by atoms with van der Waals surface area (Å²) in [7, 11) is 1.35. The molecular weight excluding hydrogens is 311 g/mol. The number of hydrogen-bond donors (Lipinski definition) is 0. The maximum Gasteiger partial charge on any atom is 0.352 e. The van der Waals surface area contributed by atoms with E-state index in [1.54, 1.807) is 41.0 Å². The minimum atomic E-state index is -0.685. The lowest BCUT2D eigenvalue weighted by Gasteiger charge is -2.17. The van der Waals surface area contributed by atoms with Crippen LogP contribution in [0.1, 0.15) is 0 Å². The predicted octanol–water partition coefficient (Wildman–Crippen LogP) is 1.72. The van der Waals surface area contributed by atoms with Crippen molar-refractivity contribution in [1.29, 1.82) is 0 Å². The summed E-state index contributed by atoms with van der Waals surface area (Å²) in [5.41, 5.74) is 0.456. The first kappa shape index (κ1) is 14.3. The van der Waals surface area contributed by atoms with Gasteiger partial charge in [0.2, 0.25) is 0 Å². The fourth-order valence-corrected chi connectivity index (χ4v) is 2.67.